The van der Waals surface area contributed by atoms with E-state index in [0.29, 0.717) is 11.7 Å². The Labute approximate surface area is 77.6 Å². The lowest BCUT2D eigenvalue weighted by Gasteiger charge is -2.07. The Morgan fingerprint density at radius 2 is 2.33 bits per heavy atom. The molecule has 0 aromatic carbocycles. The quantitative estimate of drug-likeness (QED) is 0.657. The van der Waals surface area contributed by atoms with E-state index < -0.39 is 0 Å². The fourth-order valence-corrected chi connectivity index (χ4v) is 1.04. The third-order valence-corrected chi connectivity index (χ3v) is 1.65. The van der Waals surface area contributed by atoms with E-state index in [2.05, 4.69) is 5.32 Å². The van der Waals surface area contributed by atoms with Crippen LogP contribution in [-0.4, -0.2) is 11.7 Å². The van der Waals surface area contributed by atoms with Gasteiger partial charge in [0, 0.05) is 6.20 Å². The Bertz CT molecular complexity index is 253. The van der Waals surface area contributed by atoms with Gasteiger partial charge in [0.05, 0.1) is 12.3 Å². The molecule has 0 radical (unpaired) electrons. The van der Waals surface area contributed by atoms with Crippen LogP contribution in [0.15, 0.2) is 36.2 Å². The molecular formula is C9H11NOS. The molecule has 0 amide bonds. The molecule has 0 spiro atoms. The van der Waals surface area contributed by atoms with E-state index in [0.717, 1.165) is 5.70 Å². The highest BCUT2D eigenvalue weighted by Gasteiger charge is 2.02. The molecule has 3 heteroatoms. The Morgan fingerprint density at radius 3 is 3.08 bits per heavy atom. The highest BCUT2D eigenvalue weighted by atomic mass is 32.1. The topological polar surface area (TPSA) is 21.3 Å². The second-order valence-electron chi connectivity index (χ2n) is 2.19. The molecule has 1 aliphatic heterocycles. The molecule has 12 heavy (non-hydrogen) atoms. The van der Waals surface area contributed by atoms with Gasteiger partial charge in [-0.3, -0.25) is 0 Å². The largest absolute Gasteiger partial charge is 0.482 e. The fraction of sp³-hybridized carbons (Fsp3) is 0.222. The summed E-state index contributed by atoms with van der Waals surface area (Å²) in [5.74, 6) is 0. The van der Waals surface area contributed by atoms with Crippen molar-refractivity contribution in [1.82, 2.24) is 5.32 Å². The van der Waals surface area contributed by atoms with Gasteiger partial charge < -0.3 is 10.1 Å². The first kappa shape index (κ1) is 9.00. The van der Waals surface area contributed by atoms with Gasteiger partial charge in [-0.25, -0.2) is 0 Å². The molecule has 1 aliphatic rings. The van der Waals surface area contributed by atoms with Crippen LogP contribution < -0.4 is 5.32 Å². The van der Waals surface area contributed by atoms with Gasteiger partial charge in [-0.2, -0.15) is 0 Å². The number of hydrogen-bond acceptors (Lipinski definition) is 3. The maximum atomic E-state index is 5.17. The van der Waals surface area contributed by atoms with Crippen molar-refractivity contribution in [2.45, 2.75) is 6.92 Å². The van der Waals surface area contributed by atoms with Gasteiger partial charge in [0.2, 0.25) is 5.05 Å². The Kier molecular flexibility index (Phi) is 3.54. The van der Waals surface area contributed by atoms with E-state index in [1.165, 1.54) is 0 Å². The number of nitrogens with one attached hydrogen (secondary N) is 1. The lowest BCUT2D eigenvalue weighted by Crippen LogP contribution is -2.15. The third-order valence-electron chi connectivity index (χ3n) is 1.32. The molecule has 0 unspecified atom stereocenters. The summed E-state index contributed by atoms with van der Waals surface area (Å²) in [5.41, 5.74) is 0.830. The Morgan fingerprint density at radius 1 is 1.50 bits per heavy atom. The molecule has 2 nitrogen and oxygen atoms in total. The number of allylic oxidation sites excluding steroid dienone is 4. The predicted molar refractivity (Wildman–Crippen MR) is 53.7 cm³/mol. The summed E-state index contributed by atoms with van der Waals surface area (Å²) < 4.78 is 5.17. The van der Waals surface area contributed by atoms with E-state index >= 15 is 0 Å². The number of hydrogen-bond donors (Lipinski definition) is 1. The van der Waals surface area contributed by atoms with E-state index in [9.17, 15) is 0 Å². The van der Waals surface area contributed by atoms with Gasteiger partial charge in [0.25, 0.3) is 0 Å². The molecule has 0 fully saturated rings. The summed E-state index contributed by atoms with van der Waals surface area (Å²) in [6.07, 6.45) is 9.45. The number of ether oxygens (including phenoxy) is 1. The van der Waals surface area contributed by atoms with Gasteiger partial charge in [-0.15, -0.1) is 0 Å². The minimum absolute atomic E-state index is 0.508. The van der Waals surface area contributed by atoms with Gasteiger partial charge in [-0.05, 0) is 31.3 Å². The van der Waals surface area contributed by atoms with Crippen LogP contribution in [0.25, 0.3) is 0 Å². The first-order valence-corrected chi connectivity index (χ1v) is 4.22. The van der Waals surface area contributed by atoms with Crippen LogP contribution in [0.4, 0.5) is 0 Å². The Balaban J connectivity index is 2.62. The predicted octanol–water partition coefficient (Wildman–Crippen LogP) is 1.91. The van der Waals surface area contributed by atoms with Gasteiger partial charge in [0.15, 0.2) is 0 Å². The summed E-state index contributed by atoms with van der Waals surface area (Å²) in [5, 5.41) is 3.53. The van der Waals surface area contributed by atoms with E-state index in [4.69, 9.17) is 17.0 Å². The van der Waals surface area contributed by atoms with Gasteiger partial charge in [0.1, 0.15) is 0 Å². The van der Waals surface area contributed by atoms with Crippen LogP contribution >= 0.6 is 12.2 Å². The zero-order chi connectivity index (χ0) is 8.81. The average molecular weight is 181 g/mol. The second kappa shape index (κ2) is 4.72. The van der Waals surface area contributed by atoms with Crippen molar-refractivity contribution < 1.29 is 4.74 Å². The smallest absolute Gasteiger partial charge is 0.207 e. The van der Waals surface area contributed by atoms with Gasteiger partial charge >= 0.3 is 0 Å². The van der Waals surface area contributed by atoms with Crippen LogP contribution in [0.5, 0.6) is 0 Å². The highest BCUT2D eigenvalue weighted by Crippen LogP contribution is 2.00. The molecule has 1 N–H and O–H groups in total. The summed E-state index contributed by atoms with van der Waals surface area (Å²) in [6, 6.07) is 0. The lowest BCUT2D eigenvalue weighted by molar-refractivity contribution is 0.335. The van der Waals surface area contributed by atoms with Crippen LogP contribution in [0, 0.1) is 0 Å². The molecule has 0 aliphatic carbocycles. The summed E-state index contributed by atoms with van der Waals surface area (Å²) >= 11 is 5.01. The molecule has 0 saturated carbocycles. The number of thiocarbonyl (C=S) groups is 1. The SMILES string of the molecule is CCOC(=S)C1=CC=CC=CN1. The fourth-order valence-electron chi connectivity index (χ4n) is 0.793. The molecule has 1 rings (SSSR count). The molecule has 0 aromatic rings. The maximum absolute atomic E-state index is 5.17. The summed E-state index contributed by atoms with van der Waals surface area (Å²) in [7, 11) is 0. The zero-order valence-electron chi connectivity index (χ0n) is 6.91. The molecule has 0 saturated heterocycles. The number of rotatable bonds is 2. The Hall–Kier alpha value is -1.09. The molecule has 0 atom stereocenters. The van der Waals surface area contributed by atoms with Crippen molar-refractivity contribution in [1.29, 1.82) is 0 Å². The van der Waals surface area contributed by atoms with Crippen molar-refractivity contribution in [3.8, 4) is 0 Å². The van der Waals surface area contributed by atoms with Gasteiger partial charge in [-0.1, -0.05) is 12.2 Å². The zero-order valence-corrected chi connectivity index (χ0v) is 7.73. The van der Waals surface area contributed by atoms with E-state index in [1.807, 2.05) is 37.4 Å². The van der Waals surface area contributed by atoms with Crippen LogP contribution in [0.2, 0.25) is 0 Å². The van der Waals surface area contributed by atoms with E-state index in [1.54, 1.807) is 0 Å². The first-order valence-electron chi connectivity index (χ1n) is 3.81. The minimum Gasteiger partial charge on any atom is -0.482 e. The first-order chi connectivity index (χ1) is 5.84. The van der Waals surface area contributed by atoms with Crippen molar-refractivity contribution >= 4 is 17.3 Å². The van der Waals surface area contributed by atoms with Crippen LogP contribution in [-0.2, 0) is 4.74 Å². The van der Waals surface area contributed by atoms with Crippen molar-refractivity contribution in [2.24, 2.45) is 0 Å². The highest BCUT2D eigenvalue weighted by molar-refractivity contribution is 7.80. The molecule has 1 heterocycles. The summed E-state index contributed by atoms with van der Waals surface area (Å²) in [4.78, 5) is 0. The maximum Gasteiger partial charge on any atom is 0.207 e. The second-order valence-corrected chi connectivity index (χ2v) is 2.56. The van der Waals surface area contributed by atoms with E-state index in [-0.39, 0.29) is 0 Å². The third kappa shape index (κ3) is 2.51. The molecule has 0 bridgehead atoms. The average Bonchev–Trinajstić information content (AvgIpc) is 2.32. The normalized spacial score (nSPS) is 14.6. The van der Waals surface area contributed by atoms with Crippen LogP contribution in [0.3, 0.4) is 0 Å². The molecule has 0 aromatic heterocycles. The minimum atomic E-state index is 0.508. The molecule has 64 valence electrons. The summed E-state index contributed by atoms with van der Waals surface area (Å²) in [6.45, 7) is 2.51. The molecular weight excluding hydrogens is 170 g/mol. The van der Waals surface area contributed by atoms with Crippen molar-refractivity contribution in [3.63, 3.8) is 0 Å². The van der Waals surface area contributed by atoms with Crippen molar-refractivity contribution in [2.75, 3.05) is 6.61 Å². The van der Waals surface area contributed by atoms with Crippen LogP contribution in [0.1, 0.15) is 6.92 Å². The standard InChI is InChI=1S/C9H11NOS/c1-2-11-9(12)8-6-4-3-5-7-10-8/h3-7,10H,2H2,1H3. The monoisotopic (exact) mass is 181 g/mol. The van der Waals surface area contributed by atoms with Crippen molar-refractivity contribution in [3.05, 3.63) is 36.2 Å². The lowest BCUT2D eigenvalue weighted by atomic mass is 10.4.